The first kappa shape index (κ1) is 38.2. The third-order valence-corrected chi connectivity index (χ3v) is 11.2. The number of benzene rings is 1. The van der Waals surface area contributed by atoms with Crippen LogP contribution in [0.3, 0.4) is 0 Å². The molecule has 1 amide bonds. The monoisotopic (exact) mass is 646 g/mol. The van der Waals surface area contributed by atoms with Crippen molar-refractivity contribution < 1.29 is 37.0 Å². The van der Waals surface area contributed by atoms with E-state index in [1.165, 1.54) is 16.4 Å². The van der Waals surface area contributed by atoms with Crippen LogP contribution in [0, 0.1) is 5.92 Å². The first-order valence-corrected chi connectivity index (χ1v) is 23.4. The molecule has 42 heavy (non-hydrogen) atoms. The van der Waals surface area contributed by atoms with Crippen LogP contribution in [0.5, 0.6) is 0 Å². The van der Waals surface area contributed by atoms with Crippen LogP contribution in [-0.2, 0) is 40.4 Å². The Hall–Kier alpha value is -1.78. The molecular weight excluding hydrogens is 593 g/mol. The van der Waals surface area contributed by atoms with E-state index in [1.54, 1.807) is 46.8 Å². The molecule has 0 fully saturated rings. The first-order chi connectivity index (χ1) is 19.1. The van der Waals surface area contributed by atoms with Gasteiger partial charge in [-0.3, -0.25) is 0 Å². The van der Waals surface area contributed by atoms with Crippen molar-refractivity contribution in [2.75, 3.05) is 26.7 Å². The molecule has 0 saturated carbocycles. The molecule has 13 heteroatoms. The molecule has 0 aromatic heterocycles. The molecule has 0 aliphatic rings. The van der Waals surface area contributed by atoms with Crippen molar-refractivity contribution in [1.82, 2.24) is 9.62 Å². The predicted molar refractivity (Wildman–Crippen MR) is 171 cm³/mol. The van der Waals surface area contributed by atoms with Crippen molar-refractivity contribution in [3.8, 4) is 0 Å². The van der Waals surface area contributed by atoms with E-state index in [2.05, 4.69) is 44.6 Å². The molecule has 0 heterocycles. The lowest BCUT2D eigenvalue weighted by atomic mass is 10.1. The Bertz CT molecular complexity index is 1070. The van der Waals surface area contributed by atoms with Gasteiger partial charge >= 0.3 is 12.1 Å². The maximum absolute atomic E-state index is 13.5. The Balaban J connectivity index is 2.90. The fourth-order valence-corrected chi connectivity index (χ4v) is 6.07. The SMILES string of the molecule is CC(C)[C@H](NC(=O)OC(C)(C)C)C(=O)OCc1ccc(S(=O)(=O)N(COCC[Si](C)(C)C)COCC[Si](C)(C)C)cc1. The lowest BCUT2D eigenvalue weighted by Crippen LogP contribution is -2.47. The Morgan fingerprint density at radius 1 is 0.881 bits per heavy atom. The summed E-state index contributed by atoms with van der Waals surface area (Å²) in [6.45, 7) is 22.9. The Kier molecular flexibility index (Phi) is 14.9. The lowest BCUT2D eigenvalue weighted by Gasteiger charge is -2.25. The molecule has 0 spiro atoms. The molecule has 0 bridgehead atoms. The number of alkyl carbamates (subject to hydrolysis) is 1. The van der Waals surface area contributed by atoms with Crippen LogP contribution in [0.4, 0.5) is 4.79 Å². The number of carbonyl (C=O) groups is 2. The number of nitrogens with zero attached hydrogens (tertiary/aromatic N) is 1. The minimum absolute atomic E-state index is 0.0816. The average molecular weight is 647 g/mol. The number of nitrogens with one attached hydrogen (secondary N) is 1. The Labute approximate surface area is 255 Å². The fourth-order valence-electron chi connectivity index (χ4n) is 3.35. The topological polar surface area (TPSA) is 120 Å². The van der Waals surface area contributed by atoms with Crippen molar-refractivity contribution in [1.29, 1.82) is 0 Å². The summed E-state index contributed by atoms with van der Waals surface area (Å²) in [4.78, 5) is 25.0. The van der Waals surface area contributed by atoms with Crippen LogP contribution in [0.15, 0.2) is 29.2 Å². The number of carbonyl (C=O) groups excluding carboxylic acids is 2. The molecule has 1 N–H and O–H groups in total. The first-order valence-electron chi connectivity index (χ1n) is 14.5. The molecule has 1 aromatic rings. The number of rotatable bonds is 17. The number of hydrogen-bond donors (Lipinski definition) is 1. The van der Waals surface area contributed by atoms with Crippen LogP contribution in [0.2, 0.25) is 51.4 Å². The van der Waals surface area contributed by atoms with E-state index in [0.717, 1.165) is 12.1 Å². The average Bonchev–Trinajstić information content (AvgIpc) is 2.82. The molecule has 1 aromatic carbocycles. The third-order valence-electron chi connectivity index (χ3n) is 6.00. The smallest absolute Gasteiger partial charge is 0.408 e. The number of hydrogen-bond acceptors (Lipinski definition) is 8. The van der Waals surface area contributed by atoms with E-state index in [4.69, 9.17) is 18.9 Å². The van der Waals surface area contributed by atoms with Gasteiger partial charge in [-0.25, -0.2) is 18.0 Å². The molecule has 0 radical (unpaired) electrons. The number of ether oxygens (including phenoxy) is 4. The summed E-state index contributed by atoms with van der Waals surface area (Å²) in [6.07, 6.45) is -0.703. The van der Waals surface area contributed by atoms with Crippen molar-refractivity contribution in [2.24, 2.45) is 5.92 Å². The highest BCUT2D eigenvalue weighted by molar-refractivity contribution is 7.89. The van der Waals surface area contributed by atoms with E-state index in [0.29, 0.717) is 18.8 Å². The summed E-state index contributed by atoms with van der Waals surface area (Å²) in [5, 5.41) is 2.57. The molecule has 0 saturated heterocycles. The van der Waals surface area contributed by atoms with Crippen molar-refractivity contribution in [3.63, 3.8) is 0 Å². The molecule has 242 valence electrons. The van der Waals surface area contributed by atoms with Crippen LogP contribution >= 0.6 is 0 Å². The van der Waals surface area contributed by atoms with Gasteiger partial charge in [-0.1, -0.05) is 65.3 Å². The van der Waals surface area contributed by atoms with Gasteiger partial charge in [-0.2, -0.15) is 0 Å². The third kappa shape index (κ3) is 15.6. The second-order valence-corrected chi connectivity index (χ2v) is 27.5. The van der Waals surface area contributed by atoms with Gasteiger partial charge in [0.05, 0.1) is 4.90 Å². The molecular formula is C29H54N2O8SSi2. The Morgan fingerprint density at radius 3 is 1.76 bits per heavy atom. The molecule has 1 rings (SSSR count). The van der Waals surface area contributed by atoms with E-state index in [1.807, 2.05) is 0 Å². The van der Waals surface area contributed by atoms with Crippen LogP contribution in [0.1, 0.15) is 40.2 Å². The van der Waals surface area contributed by atoms with Gasteiger partial charge in [0.1, 0.15) is 31.7 Å². The maximum atomic E-state index is 13.5. The van der Waals surface area contributed by atoms with Crippen molar-refractivity contribution in [3.05, 3.63) is 29.8 Å². The number of esters is 1. The van der Waals surface area contributed by atoms with Gasteiger partial charge in [0.25, 0.3) is 0 Å². The van der Waals surface area contributed by atoms with Gasteiger partial charge in [0.2, 0.25) is 10.0 Å². The lowest BCUT2D eigenvalue weighted by molar-refractivity contribution is -0.148. The fraction of sp³-hybridized carbons (Fsp3) is 0.724. The summed E-state index contributed by atoms with van der Waals surface area (Å²) in [5.41, 5.74) is -0.0979. The minimum Gasteiger partial charge on any atom is -0.459 e. The number of sulfonamides is 1. The van der Waals surface area contributed by atoms with Gasteiger partial charge in [0.15, 0.2) is 0 Å². The van der Waals surface area contributed by atoms with Crippen molar-refractivity contribution in [2.45, 2.75) is 109 Å². The summed E-state index contributed by atoms with van der Waals surface area (Å²) in [6, 6.07) is 7.12. The van der Waals surface area contributed by atoms with E-state index in [9.17, 15) is 18.0 Å². The van der Waals surface area contributed by atoms with Crippen LogP contribution < -0.4 is 5.32 Å². The highest BCUT2D eigenvalue weighted by Crippen LogP contribution is 2.19. The zero-order valence-corrected chi connectivity index (χ0v) is 30.4. The predicted octanol–water partition coefficient (Wildman–Crippen LogP) is 5.89. The van der Waals surface area contributed by atoms with Gasteiger partial charge in [-0.05, 0) is 56.5 Å². The zero-order chi connectivity index (χ0) is 32.4. The molecule has 1 atom stereocenters. The van der Waals surface area contributed by atoms with Gasteiger partial charge < -0.3 is 24.3 Å². The number of amides is 1. The second kappa shape index (κ2) is 16.3. The Morgan fingerprint density at radius 2 is 1.36 bits per heavy atom. The minimum atomic E-state index is -3.90. The quantitative estimate of drug-likeness (QED) is 0.0962. The standard InChI is InChI=1S/C29H54N2O8SSi2/c1-23(2)26(30-28(33)39-29(3,4)5)27(32)38-20-24-12-14-25(15-13-24)40(34,35)31(21-36-16-18-41(6,7)8)22-37-17-19-42(9,10)11/h12-15,23,26H,16-22H2,1-11H3,(H,30,33)/t26-/m0/s1. The zero-order valence-electron chi connectivity index (χ0n) is 27.5. The largest absolute Gasteiger partial charge is 0.459 e. The van der Waals surface area contributed by atoms with Gasteiger partial charge in [0, 0.05) is 29.4 Å². The van der Waals surface area contributed by atoms with Gasteiger partial charge in [-0.15, -0.1) is 4.31 Å². The molecule has 10 nitrogen and oxygen atoms in total. The summed E-state index contributed by atoms with van der Waals surface area (Å²) >= 11 is 0. The summed E-state index contributed by atoms with van der Waals surface area (Å²) in [5.74, 6) is -0.839. The van der Waals surface area contributed by atoms with Crippen LogP contribution in [0.25, 0.3) is 0 Å². The molecule has 0 aliphatic heterocycles. The molecule has 0 unspecified atom stereocenters. The van der Waals surface area contributed by atoms with E-state index < -0.39 is 49.9 Å². The van der Waals surface area contributed by atoms with Crippen molar-refractivity contribution >= 4 is 38.2 Å². The second-order valence-electron chi connectivity index (χ2n) is 14.3. The maximum Gasteiger partial charge on any atom is 0.408 e. The molecule has 0 aliphatic carbocycles. The van der Waals surface area contributed by atoms with Crippen LogP contribution in [-0.4, -0.2) is 79.3 Å². The summed E-state index contributed by atoms with van der Waals surface area (Å²) < 4.78 is 50.5. The van der Waals surface area contributed by atoms with E-state index in [-0.39, 0.29) is 30.9 Å². The van der Waals surface area contributed by atoms with E-state index >= 15 is 0 Å². The highest BCUT2D eigenvalue weighted by atomic mass is 32.2. The normalized spacial score (nSPS) is 13.7. The summed E-state index contributed by atoms with van der Waals surface area (Å²) in [7, 11) is -6.55. The highest BCUT2D eigenvalue weighted by Gasteiger charge is 2.29.